The van der Waals surface area contributed by atoms with Crippen LogP contribution in [-0.2, 0) is 12.2 Å². The maximum absolute atomic E-state index is 5.68. The summed E-state index contributed by atoms with van der Waals surface area (Å²) >= 11 is 1.37. The predicted octanol–water partition coefficient (Wildman–Crippen LogP) is 3.62. The van der Waals surface area contributed by atoms with Crippen molar-refractivity contribution in [2.24, 2.45) is 5.92 Å². The molecule has 0 saturated heterocycles. The van der Waals surface area contributed by atoms with E-state index < -0.39 is 0 Å². The van der Waals surface area contributed by atoms with Crippen molar-refractivity contribution in [2.45, 2.75) is 31.2 Å². The Hall–Kier alpha value is -2.35. The summed E-state index contributed by atoms with van der Waals surface area (Å²) in [5, 5.41) is 12.5. The molecule has 1 aromatic carbocycles. The monoisotopic (exact) mass is 346 g/mol. The molecule has 3 aromatic rings. The third kappa shape index (κ3) is 3.94. The first kappa shape index (κ1) is 16.5. The molecule has 3 rings (SSSR count). The fraction of sp³-hybridized carbons (Fsp3) is 0.375. The van der Waals surface area contributed by atoms with Crippen LogP contribution < -0.4 is 4.74 Å². The Morgan fingerprint density at radius 1 is 1.21 bits per heavy atom. The molecule has 8 heteroatoms. The number of hydrogen-bond donors (Lipinski definition) is 0. The van der Waals surface area contributed by atoms with Gasteiger partial charge in [0.15, 0.2) is 5.82 Å². The van der Waals surface area contributed by atoms with E-state index in [0.29, 0.717) is 40.2 Å². The second-order valence-electron chi connectivity index (χ2n) is 5.56. The van der Waals surface area contributed by atoms with E-state index >= 15 is 0 Å². The summed E-state index contributed by atoms with van der Waals surface area (Å²) < 4.78 is 16.2. The first-order valence-electron chi connectivity index (χ1n) is 7.57. The summed E-state index contributed by atoms with van der Waals surface area (Å²) in [6.45, 7) is 4.22. The Balaban J connectivity index is 1.65. The van der Waals surface area contributed by atoms with Crippen LogP contribution in [0.5, 0.6) is 5.75 Å². The predicted molar refractivity (Wildman–Crippen MR) is 88.7 cm³/mol. The highest BCUT2D eigenvalue weighted by molar-refractivity contribution is 7.98. The van der Waals surface area contributed by atoms with Gasteiger partial charge in [0.1, 0.15) is 5.75 Å². The Kier molecular flexibility index (Phi) is 5.14. The van der Waals surface area contributed by atoms with Gasteiger partial charge in [-0.25, -0.2) is 0 Å². The molecule has 7 nitrogen and oxygen atoms in total. The fourth-order valence-electron chi connectivity index (χ4n) is 2.11. The van der Waals surface area contributed by atoms with E-state index in [2.05, 4.69) is 34.2 Å². The van der Waals surface area contributed by atoms with Gasteiger partial charge in [-0.15, -0.1) is 10.2 Å². The van der Waals surface area contributed by atoms with Crippen molar-refractivity contribution in [1.29, 1.82) is 0 Å². The van der Waals surface area contributed by atoms with Crippen molar-refractivity contribution in [2.75, 3.05) is 7.11 Å². The molecule has 0 saturated carbocycles. The van der Waals surface area contributed by atoms with Gasteiger partial charge in [0.05, 0.1) is 18.4 Å². The number of para-hydroxylation sites is 1. The van der Waals surface area contributed by atoms with Crippen molar-refractivity contribution >= 4 is 11.8 Å². The highest BCUT2D eigenvalue weighted by atomic mass is 32.2. The van der Waals surface area contributed by atoms with Crippen molar-refractivity contribution < 1.29 is 13.7 Å². The van der Waals surface area contributed by atoms with Gasteiger partial charge >= 0.3 is 0 Å². The van der Waals surface area contributed by atoms with Crippen LogP contribution in [0.4, 0.5) is 0 Å². The van der Waals surface area contributed by atoms with Gasteiger partial charge in [0, 0.05) is 6.42 Å². The van der Waals surface area contributed by atoms with E-state index in [4.69, 9.17) is 13.7 Å². The Bertz CT molecular complexity index is 800. The van der Waals surface area contributed by atoms with Gasteiger partial charge in [-0.05, 0) is 18.1 Å². The van der Waals surface area contributed by atoms with E-state index in [0.717, 1.165) is 12.0 Å². The minimum atomic E-state index is 0.420. The summed E-state index contributed by atoms with van der Waals surface area (Å²) in [6, 6.07) is 7.50. The quantitative estimate of drug-likeness (QED) is 0.600. The molecule has 0 spiro atoms. The number of benzene rings is 1. The van der Waals surface area contributed by atoms with Crippen molar-refractivity contribution in [3.63, 3.8) is 0 Å². The molecular formula is C16H18N4O3S. The lowest BCUT2D eigenvalue weighted by atomic mass is 10.1. The summed E-state index contributed by atoms with van der Waals surface area (Å²) in [4.78, 5) is 4.35. The average Bonchev–Trinajstić information content (AvgIpc) is 3.21. The zero-order valence-electron chi connectivity index (χ0n) is 13.7. The van der Waals surface area contributed by atoms with Crippen LogP contribution >= 0.6 is 11.8 Å². The zero-order chi connectivity index (χ0) is 16.9. The van der Waals surface area contributed by atoms with Crippen LogP contribution in [0.25, 0.3) is 11.5 Å². The number of nitrogens with zero attached hydrogens (tertiary/aromatic N) is 4. The Morgan fingerprint density at radius 2 is 2.04 bits per heavy atom. The zero-order valence-corrected chi connectivity index (χ0v) is 14.5. The van der Waals surface area contributed by atoms with Crippen LogP contribution in [0, 0.1) is 5.92 Å². The second kappa shape index (κ2) is 7.48. The largest absolute Gasteiger partial charge is 0.496 e. The van der Waals surface area contributed by atoms with E-state index in [1.807, 2.05) is 24.3 Å². The normalized spacial score (nSPS) is 11.2. The van der Waals surface area contributed by atoms with Crippen LogP contribution in [0.1, 0.15) is 25.6 Å². The Labute approximate surface area is 143 Å². The maximum Gasteiger partial charge on any atom is 0.277 e. The number of methoxy groups -OCH3 is 1. The topological polar surface area (TPSA) is 87.1 Å². The van der Waals surface area contributed by atoms with Crippen LogP contribution in [0.15, 0.2) is 38.4 Å². The third-order valence-corrected chi connectivity index (χ3v) is 3.98. The lowest BCUT2D eigenvalue weighted by molar-refractivity contribution is 0.360. The van der Waals surface area contributed by atoms with E-state index in [1.165, 1.54) is 11.8 Å². The SMILES string of the molecule is COc1ccccc1-c1nnc(SCc2noc(CC(C)C)n2)o1. The fourth-order valence-corrected chi connectivity index (χ4v) is 2.71. The molecule has 0 atom stereocenters. The number of rotatable bonds is 7. The highest BCUT2D eigenvalue weighted by Crippen LogP contribution is 2.30. The summed E-state index contributed by atoms with van der Waals surface area (Å²) in [7, 11) is 1.61. The first-order valence-corrected chi connectivity index (χ1v) is 8.55. The summed E-state index contributed by atoms with van der Waals surface area (Å²) in [5.41, 5.74) is 0.762. The van der Waals surface area contributed by atoms with Crippen LogP contribution in [0.3, 0.4) is 0 Å². The molecule has 126 valence electrons. The molecule has 0 N–H and O–H groups in total. The number of aromatic nitrogens is 4. The summed E-state index contributed by atoms with van der Waals surface area (Å²) in [5.74, 6) is 3.37. The van der Waals surface area contributed by atoms with Gasteiger partial charge in [0.25, 0.3) is 11.1 Å². The number of thioether (sulfide) groups is 1. The molecule has 0 bridgehead atoms. The maximum atomic E-state index is 5.68. The van der Waals surface area contributed by atoms with E-state index in [9.17, 15) is 0 Å². The standard InChI is InChI=1S/C16H18N4O3S/c1-10(2)8-14-17-13(20-23-14)9-24-16-19-18-15(22-16)11-6-4-5-7-12(11)21-3/h4-7,10H,8-9H2,1-3H3. The molecule has 0 radical (unpaired) electrons. The lowest BCUT2D eigenvalue weighted by Gasteiger charge is -2.03. The van der Waals surface area contributed by atoms with Gasteiger partial charge in [-0.3, -0.25) is 0 Å². The molecule has 0 aliphatic carbocycles. The molecular weight excluding hydrogens is 328 g/mol. The third-order valence-electron chi connectivity index (χ3n) is 3.16. The summed E-state index contributed by atoms with van der Waals surface area (Å²) in [6.07, 6.45) is 0.774. The lowest BCUT2D eigenvalue weighted by Crippen LogP contribution is -1.94. The average molecular weight is 346 g/mol. The molecule has 24 heavy (non-hydrogen) atoms. The second-order valence-corrected chi connectivity index (χ2v) is 6.49. The van der Waals surface area contributed by atoms with Gasteiger partial charge < -0.3 is 13.7 Å². The molecule has 0 unspecified atom stereocenters. The smallest absolute Gasteiger partial charge is 0.277 e. The van der Waals surface area contributed by atoms with Gasteiger partial charge in [0.2, 0.25) is 5.89 Å². The van der Waals surface area contributed by atoms with Crippen molar-refractivity contribution in [3.05, 3.63) is 36.0 Å². The highest BCUT2D eigenvalue weighted by Gasteiger charge is 2.15. The molecule has 2 heterocycles. The molecule has 0 aliphatic rings. The number of ether oxygens (including phenoxy) is 1. The van der Waals surface area contributed by atoms with Crippen molar-refractivity contribution in [3.8, 4) is 17.2 Å². The van der Waals surface area contributed by atoms with Gasteiger partial charge in [-0.2, -0.15) is 4.98 Å². The molecule has 2 aromatic heterocycles. The van der Waals surface area contributed by atoms with E-state index in [1.54, 1.807) is 7.11 Å². The minimum absolute atomic E-state index is 0.420. The van der Waals surface area contributed by atoms with Crippen LogP contribution in [-0.4, -0.2) is 27.4 Å². The molecule has 0 aliphatic heterocycles. The molecule has 0 amide bonds. The number of hydrogen-bond acceptors (Lipinski definition) is 8. The Morgan fingerprint density at radius 3 is 2.83 bits per heavy atom. The minimum Gasteiger partial charge on any atom is -0.496 e. The first-order chi connectivity index (χ1) is 11.7. The van der Waals surface area contributed by atoms with E-state index in [-0.39, 0.29) is 0 Å². The van der Waals surface area contributed by atoms with Crippen LogP contribution in [0.2, 0.25) is 0 Å². The van der Waals surface area contributed by atoms with Gasteiger partial charge in [-0.1, -0.05) is 42.9 Å². The van der Waals surface area contributed by atoms with Crippen molar-refractivity contribution in [1.82, 2.24) is 20.3 Å². The molecule has 0 fully saturated rings.